The van der Waals surface area contributed by atoms with Gasteiger partial charge in [0.25, 0.3) is 0 Å². The highest BCUT2D eigenvalue weighted by atomic mass is 35.5. The number of ether oxygens (including phenoxy) is 1. The number of nitrogens with one attached hydrogen (secondary N) is 1. The van der Waals surface area contributed by atoms with Gasteiger partial charge >= 0.3 is 0 Å². The number of benzene rings is 2. The molecule has 0 heterocycles. The summed E-state index contributed by atoms with van der Waals surface area (Å²) in [6.45, 7) is 3.19. The van der Waals surface area contributed by atoms with E-state index in [0.29, 0.717) is 23.2 Å². The summed E-state index contributed by atoms with van der Waals surface area (Å²) in [7, 11) is 0. The zero-order chi connectivity index (χ0) is 16.7. The first-order valence-corrected chi connectivity index (χ1v) is 8.38. The molecular weight excluding hydrogens is 333 g/mol. The Morgan fingerprint density at radius 1 is 1.13 bits per heavy atom. The van der Waals surface area contributed by atoms with Gasteiger partial charge in [0.05, 0.1) is 6.61 Å². The van der Waals surface area contributed by atoms with Crippen LogP contribution in [-0.2, 0) is 13.2 Å². The number of aliphatic hydroxyl groups is 1. The SMILES string of the molecule is CCC(CO)NCc1ccccc1OCc1ccc(Cl)cc1Cl. The maximum Gasteiger partial charge on any atom is 0.124 e. The topological polar surface area (TPSA) is 41.5 Å². The fourth-order valence-electron chi connectivity index (χ4n) is 2.18. The Balaban J connectivity index is 2.02. The minimum atomic E-state index is 0.0914. The summed E-state index contributed by atoms with van der Waals surface area (Å²) in [5, 5.41) is 13.8. The average Bonchev–Trinajstić information content (AvgIpc) is 2.56. The fourth-order valence-corrected chi connectivity index (χ4v) is 2.64. The molecule has 0 bridgehead atoms. The lowest BCUT2D eigenvalue weighted by Gasteiger charge is -2.16. The summed E-state index contributed by atoms with van der Waals surface area (Å²) in [5.41, 5.74) is 1.94. The number of rotatable bonds is 8. The maximum absolute atomic E-state index is 9.26. The highest BCUT2D eigenvalue weighted by molar-refractivity contribution is 6.35. The second-order valence-corrected chi connectivity index (χ2v) is 6.14. The van der Waals surface area contributed by atoms with E-state index in [1.807, 2.05) is 37.3 Å². The number of hydrogen-bond donors (Lipinski definition) is 2. The first kappa shape index (κ1) is 18.1. The molecule has 1 atom stereocenters. The molecule has 0 saturated carbocycles. The van der Waals surface area contributed by atoms with E-state index in [4.69, 9.17) is 27.9 Å². The van der Waals surface area contributed by atoms with Crippen LogP contribution in [0, 0.1) is 0 Å². The molecule has 0 aromatic heterocycles. The molecule has 0 spiro atoms. The van der Waals surface area contributed by atoms with Gasteiger partial charge in [0, 0.05) is 33.8 Å². The van der Waals surface area contributed by atoms with Crippen LogP contribution < -0.4 is 10.1 Å². The molecule has 0 aliphatic rings. The highest BCUT2D eigenvalue weighted by Crippen LogP contribution is 2.24. The Labute approximate surface area is 147 Å². The van der Waals surface area contributed by atoms with Gasteiger partial charge in [0.2, 0.25) is 0 Å². The van der Waals surface area contributed by atoms with Crippen LogP contribution in [0.1, 0.15) is 24.5 Å². The second kappa shape index (κ2) is 9.14. The zero-order valence-electron chi connectivity index (χ0n) is 13.1. The summed E-state index contributed by atoms with van der Waals surface area (Å²) >= 11 is 12.1. The highest BCUT2D eigenvalue weighted by Gasteiger charge is 2.08. The number of aliphatic hydroxyl groups excluding tert-OH is 1. The van der Waals surface area contributed by atoms with Crippen molar-refractivity contribution >= 4 is 23.2 Å². The zero-order valence-corrected chi connectivity index (χ0v) is 14.6. The monoisotopic (exact) mass is 353 g/mol. The average molecular weight is 354 g/mol. The minimum Gasteiger partial charge on any atom is -0.489 e. The van der Waals surface area contributed by atoms with Gasteiger partial charge < -0.3 is 15.2 Å². The molecule has 2 N–H and O–H groups in total. The predicted octanol–water partition coefficient (Wildman–Crippen LogP) is 4.43. The van der Waals surface area contributed by atoms with Crippen LogP contribution in [0.25, 0.3) is 0 Å². The van der Waals surface area contributed by atoms with E-state index in [9.17, 15) is 5.11 Å². The lowest BCUT2D eigenvalue weighted by atomic mass is 10.1. The van der Waals surface area contributed by atoms with Crippen LogP contribution in [0.3, 0.4) is 0 Å². The van der Waals surface area contributed by atoms with E-state index in [-0.39, 0.29) is 12.6 Å². The third-order valence-corrected chi connectivity index (χ3v) is 4.25. The van der Waals surface area contributed by atoms with Gasteiger partial charge in [-0.1, -0.05) is 54.4 Å². The van der Waals surface area contributed by atoms with Crippen LogP contribution in [0.15, 0.2) is 42.5 Å². The molecule has 0 aliphatic carbocycles. The molecule has 2 aromatic rings. The minimum absolute atomic E-state index is 0.0914. The van der Waals surface area contributed by atoms with Gasteiger partial charge in [0.1, 0.15) is 12.4 Å². The largest absolute Gasteiger partial charge is 0.489 e. The van der Waals surface area contributed by atoms with Crippen molar-refractivity contribution in [2.75, 3.05) is 6.61 Å². The Morgan fingerprint density at radius 2 is 1.91 bits per heavy atom. The molecule has 0 fully saturated rings. The van der Waals surface area contributed by atoms with E-state index >= 15 is 0 Å². The van der Waals surface area contributed by atoms with Crippen LogP contribution in [-0.4, -0.2) is 17.8 Å². The van der Waals surface area contributed by atoms with Crippen molar-refractivity contribution in [1.82, 2.24) is 5.32 Å². The van der Waals surface area contributed by atoms with E-state index in [2.05, 4.69) is 5.32 Å². The van der Waals surface area contributed by atoms with Crippen molar-refractivity contribution in [3.8, 4) is 5.75 Å². The predicted molar refractivity (Wildman–Crippen MR) is 95.2 cm³/mol. The Morgan fingerprint density at radius 3 is 2.61 bits per heavy atom. The Hall–Kier alpha value is -1.26. The Bertz CT molecular complexity index is 630. The smallest absolute Gasteiger partial charge is 0.124 e. The van der Waals surface area contributed by atoms with Gasteiger partial charge in [-0.2, -0.15) is 0 Å². The third kappa shape index (κ3) is 5.40. The van der Waals surface area contributed by atoms with Gasteiger partial charge in [-0.05, 0) is 24.6 Å². The van der Waals surface area contributed by atoms with E-state index in [0.717, 1.165) is 23.3 Å². The lowest BCUT2D eigenvalue weighted by Crippen LogP contribution is -2.31. The maximum atomic E-state index is 9.26. The molecule has 0 aliphatic heterocycles. The van der Waals surface area contributed by atoms with Crippen molar-refractivity contribution in [2.45, 2.75) is 32.5 Å². The van der Waals surface area contributed by atoms with Crippen molar-refractivity contribution in [2.24, 2.45) is 0 Å². The molecule has 5 heteroatoms. The number of halogens is 2. The second-order valence-electron chi connectivity index (χ2n) is 5.30. The first-order chi connectivity index (χ1) is 11.1. The van der Waals surface area contributed by atoms with Crippen LogP contribution in [0.2, 0.25) is 10.0 Å². The van der Waals surface area contributed by atoms with Crippen molar-refractivity contribution in [3.05, 3.63) is 63.6 Å². The molecule has 2 rings (SSSR count). The molecule has 2 aromatic carbocycles. The molecule has 1 unspecified atom stereocenters. The normalized spacial score (nSPS) is 12.2. The molecule has 0 radical (unpaired) electrons. The number of para-hydroxylation sites is 1. The van der Waals surface area contributed by atoms with Gasteiger partial charge in [-0.3, -0.25) is 0 Å². The van der Waals surface area contributed by atoms with Gasteiger partial charge in [-0.15, -0.1) is 0 Å². The quantitative estimate of drug-likeness (QED) is 0.737. The summed E-state index contributed by atoms with van der Waals surface area (Å²) in [4.78, 5) is 0. The first-order valence-electron chi connectivity index (χ1n) is 7.63. The standard InChI is InChI=1S/C18H21Cl2NO2/c1-2-16(11-22)21-10-13-5-3-4-6-18(13)23-12-14-7-8-15(19)9-17(14)20/h3-9,16,21-22H,2,10-12H2,1H3. The van der Waals surface area contributed by atoms with E-state index in [1.54, 1.807) is 12.1 Å². The van der Waals surface area contributed by atoms with Crippen molar-refractivity contribution in [3.63, 3.8) is 0 Å². The summed E-state index contributed by atoms with van der Waals surface area (Å²) < 4.78 is 5.91. The summed E-state index contributed by atoms with van der Waals surface area (Å²) in [5.74, 6) is 0.804. The van der Waals surface area contributed by atoms with Crippen LogP contribution in [0.5, 0.6) is 5.75 Å². The Kier molecular flexibility index (Phi) is 7.18. The van der Waals surface area contributed by atoms with Crippen LogP contribution >= 0.6 is 23.2 Å². The molecule has 0 amide bonds. The molecule has 0 saturated heterocycles. The fraction of sp³-hybridized carbons (Fsp3) is 0.333. The van der Waals surface area contributed by atoms with Crippen LogP contribution in [0.4, 0.5) is 0 Å². The summed E-state index contributed by atoms with van der Waals surface area (Å²) in [6, 6.07) is 13.3. The van der Waals surface area contributed by atoms with Crippen molar-refractivity contribution in [1.29, 1.82) is 0 Å². The van der Waals surface area contributed by atoms with Gasteiger partial charge in [0.15, 0.2) is 0 Å². The molecule has 3 nitrogen and oxygen atoms in total. The summed E-state index contributed by atoms with van der Waals surface area (Å²) in [6.07, 6.45) is 0.875. The van der Waals surface area contributed by atoms with Gasteiger partial charge in [-0.25, -0.2) is 0 Å². The lowest BCUT2D eigenvalue weighted by molar-refractivity contribution is 0.237. The third-order valence-electron chi connectivity index (χ3n) is 3.67. The van der Waals surface area contributed by atoms with E-state index in [1.165, 1.54) is 0 Å². The molecule has 23 heavy (non-hydrogen) atoms. The van der Waals surface area contributed by atoms with E-state index < -0.39 is 0 Å². The molecular formula is C18H21Cl2NO2. The van der Waals surface area contributed by atoms with Crippen molar-refractivity contribution < 1.29 is 9.84 Å². The molecule has 124 valence electrons. The number of hydrogen-bond acceptors (Lipinski definition) is 3.